The molecule has 90 heavy (non-hydrogen) atoms. The number of hydrogen-bond acceptors (Lipinski definition) is 7. The fraction of sp³-hybridized carbons (Fsp3) is 0.805. The average Bonchev–Trinajstić information content (AvgIpc) is 0.810. The Morgan fingerprint density at radius 2 is 1.00 bits per heavy atom. The van der Waals surface area contributed by atoms with Crippen molar-refractivity contribution in [3.8, 4) is 59.2 Å². The maximum atomic E-state index is 12.8. The number of halogens is 1. The molecule has 0 aromatic heterocycles. The number of likely N-dealkylation sites (tertiary alicyclic amines) is 3. The van der Waals surface area contributed by atoms with Gasteiger partial charge in [0.15, 0.2) is 0 Å². The molecule has 0 radical (unpaired) electrons. The van der Waals surface area contributed by atoms with Gasteiger partial charge in [-0.05, 0) is 321 Å². The van der Waals surface area contributed by atoms with Gasteiger partial charge >= 0.3 is 0 Å². The molecule has 0 bridgehead atoms. The first kappa shape index (κ1) is 86.7. The molecule has 1 aromatic rings. The summed E-state index contributed by atoms with van der Waals surface area (Å²) in [5, 5.41) is 11.6. The molecule has 7 nitrogen and oxygen atoms in total. The smallest absolute Gasteiger partial charge is 0.123 e. The second-order valence-corrected chi connectivity index (χ2v) is 35.6. The summed E-state index contributed by atoms with van der Waals surface area (Å²) in [4.78, 5) is 9.80. The minimum atomic E-state index is -0.175. The highest BCUT2D eigenvalue weighted by atomic mass is 19.1. The monoisotopic (exact) mass is 1250 g/mol. The Hall–Kier alpha value is -3.33. The zero-order chi connectivity index (χ0) is 69.5. The molecule has 2 N–H and O–H groups in total. The van der Waals surface area contributed by atoms with Crippen molar-refractivity contribution in [1.82, 2.24) is 24.9 Å². The zero-order valence-electron chi connectivity index (χ0n) is 64.6. The van der Waals surface area contributed by atoms with Crippen LogP contribution in [0.2, 0.25) is 0 Å². The van der Waals surface area contributed by atoms with Crippen molar-refractivity contribution in [2.24, 2.45) is 48.7 Å². The lowest BCUT2D eigenvalue weighted by Crippen LogP contribution is -2.63. The molecule has 0 amide bonds. The Bertz CT molecular complexity index is 2430. The van der Waals surface area contributed by atoms with Crippen LogP contribution >= 0.6 is 0 Å². The van der Waals surface area contributed by atoms with E-state index in [1.807, 2.05) is 47.0 Å². The minimum Gasteiger partial charge on any atom is -0.384 e. The molecule has 6 rings (SSSR count). The van der Waals surface area contributed by atoms with E-state index in [0.717, 1.165) is 39.1 Å². The maximum Gasteiger partial charge on any atom is 0.123 e. The Kier molecular flexibility index (Phi) is 38.1. The number of ether oxygens (including phenoxy) is 1. The van der Waals surface area contributed by atoms with Gasteiger partial charge in [0.1, 0.15) is 12.4 Å². The van der Waals surface area contributed by atoms with Crippen LogP contribution in [-0.4, -0.2) is 135 Å². The van der Waals surface area contributed by atoms with Gasteiger partial charge in [-0.1, -0.05) is 97.5 Å². The van der Waals surface area contributed by atoms with E-state index in [0.29, 0.717) is 27.9 Å². The molecule has 1 unspecified atom stereocenters. The summed E-state index contributed by atoms with van der Waals surface area (Å²) < 4.78 is 18.2. The SMILES string of the molecule is CC(C)(C)C#CC(C)(C)CCc1ccc(F)cc1.CC(C)(C)C#CC1CCCN1.CC(C)(C)C#CCO.CC(C)(C)N1CC2(CCOCC2)C1.CCCCCC(C)(C)C#CC(C)(C)C.CN(C)CC#CC(C)(C)C.CN1CCC2(CC1)CCN(C(C)(C)C)CC2. The molecule has 0 aliphatic carbocycles. The Labute approximate surface area is 560 Å². The molecule has 5 aliphatic heterocycles. The van der Waals surface area contributed by atoms with Crippen LogP contribution < -0.4 is 5.32 Å². The summed E-state index contributed by atoms with van der Waals surface area (Å²) in [6.07, 6.45) is 17.9. The highest BCUT2D eigenvalue weighted by Crippen LogP contribution is 2.44. The zero-order valence-corrected chi connectivity index (χ0v) is 64.6. The molecule has 5 fully saturated rings. The summed E-state index contributed by atoms with van der Waals surface area (Å²) in [6.45, 7) is 68.5. The van der Waals surface area contributed by atoms with Crippen LogP contribution in [-0.2, 0) is 11.2 Å². The molecule has 516 valence electrons. The third kappa shape index (κ3) is 45.9. The molecule has 0 saturated carbocycles. The van der Waals surface area contributed by atoms with Crippen LogP contribution in [0, 0.1) is 114 Å². The van der Waals surface area contributed by atoms with E-state index >= 15 is 0 Å². The lowest BCUT2D eigenvalue weighted by atomic mass is 9.71. The van der Waals surface area contributed by atoms with Crippen molar-refractivity contribution in [3.05, 3.63) is 35.6 Å². The second kappa shape index (κ2) is 39.5. The largest absolute Gasteiger partial charge is 0.384 e. The van der Waals surface area contributed by atoms with E-state index in [1.54, 1.807) is 0 Å². The van der Waals surface area contributed by atoms with E-state index in [1.165, 1.54) is 134 Å². The molecule has 8 heteroatoms. The van der Waals surface area contributed by atoms with Gasteiger partial charge in [-0.15, -0.1) is 0 Å². The van der Waals surface area contributed by atoms with Crippen molar-refractivity contribution in [2.75, 3.05) is 93.3 Å². The molecular weight excluding hydrogens is 1110 g/mol. The number of rotatable bonds is 8. The molecule has 5 saturated heterocycles. The number of unbranched alkanes of at least 4 members (excludes halogenated alkanes) is 2. The number of aryl methyl sites for hydroxylation is 1. The van der Waals surface area contributed by atoms with Crippen molar-refractivity contribution in [1.29, 1.82) is 0 Å². The Morgan fingerprint density at radius 1 is 0.556 bits per heavy atom. The number of aliphatic hydroxyl groups excluding tert-OH is 1. The number of nitrogens with one attached hydrogen (secondary N) is 1. The average molecular weight is 1250 g/mol. The number of aliphatic hydroxyl groups is 1. The third-order valence-corrected chi connectivity index (χ3v) is 16.4. The standard InChI is InChI=1S/C17H23F.C14H28N2.C14H26.C11H21NO.C10H17N.C9H17N.C7H12O/c1-16(2,3)12-13-17(4,5)11-10-14-6-8-15(18)9-7-14;1-13(2,3)16-11-7-14(8-12-16)5-9-15(4)10-6-14;1-7-8-9-10-14(5,6)12-11-13(2,3)4;1-10(2,3)12-8-11(9-12)4-6-13-7-5-11;1-10(2,3)7-6-9-5-4-8-11-9;1-9(2,3)7-6-8-10(4)5;1-7(2,3)5-4-6-8/h6-9H,10-11H2,1-5H3;5-12H2,1-4H3;7-10H2,1-6H3;4-9H2,1-3H3;9,11H,4-5,8H2,1-3H3;8H2,1-5H3;8H,6H2,1-3H3. The quantitative estimate of drug-likeness (QED) is 0.199. The summed E-state index contributed by atoms with van der Waals surface area (Å²) in [7, 11) is 6.31. The van der Waals surface area contributed by atoms with Gasteiger partial charge in [0.2, 0.25) is 0 Å². The van der Waals surface area contributed by atoms with Crippen LogP contribution in [0.5, 0.6) is 0 Å². The van der Waals surface area contributed by atoms with E-state index in [4.69, 9.17) is 9.84 Å². The maximum absolute atomic E-state index is 12.8. The van der Waals surface area contributed by atoms with Gasteiger partial charge < -0.3 is 20.1 Å². The van der Waals surface area contributed by atoms with E-state index in [9.17, 15) is 4.39 Å². The number of piperidine rings is 2. The van der Waals surface area contributed by atoms with Crippen LogP contribution in [0.15, 0.2) is 24.3 Å². The van der Waals surface area contributed by atoms with Gasteiger partial charge in [-0.3, -0.25) is 14.7 Å². The molecule has 1 atom stereocenters. The van der Waals surface area contributed by atoms with Gasteiger partial charge in [-0.25, -0.2) is 4.39 Å². The highest BCUT2D eigenvalue weighted by molar-refractivity contribution is 5.19. The highest BCUT2D eigenvalue weighted by Gasteiger charge is 2.47. The summed E-state index contributed by atoms with van der Waals surface area (Å²) >= 11 is 0. The van der Waals surface area contributed by atoms with E-state index in [-0.39, 0.29) is 50.3 Å². The molecule has 5 heterocycles. The van der Waals surface area contributed by atoms with Gasteiger partial charge in [-0.2, -0.15) is 0 Å². The van der Waals surface area contributed by atoms with Crippen molar-refractivity contribution in [2.45, 2.75) is 287 Å². The first-order valence-corrected chi connectivity index (χ1v) is 35.0. The normalized spacial score (nSPS) is 18.6. The third-order valence-electron chi connectivity index (χ3n) is 16.4. The fourth-order valence-electron chi connectivity index (χ4n) is 10.2. The topological polar surface area (TPSA) is 54.5 Å². The molecular formula is C82H144FN5O2. The predicted octanol–water partition coefficient (Wildman–Crippen LogP) is 18.4. The van der Waals surface area contributed by atoms with Gasteiger partial charge in [0.25, 0.3) is 0 Å². The molecule has 1 aromatic carbocycles. The summed E-state index contributed by atoms with van der Waals surface area (Å²) in [5.74, 6) is 31.5. The van der Waals surface area contributed by atoms with Crippen molar-refractivity contribution in [3.63, 3.8) is 0 Å². The summed E-state index contributed by atoms with van der Waals surface area (Å²) in [5.41, 5.74) is 3.96. The predicted molar refractivity (Wildman–Crippen MR) is 393 cm³/mol. The number of nitrogens with zero attached hydrogens (tertiary/aromatic N) is 4. The minimum absolute atomic E-state index is 0.00165. The number of benzene rings is 1. The first-order chi connectivity index (χ1) is 40.9. The molecule has 2 spiro atoms. The van der Waals surface area contributed by atoms with Crippen LogP contribution in [0.1, 0.15) is 269 Å². The van der Waals surface area contributed by atoms with Crippen molar-refractivity contribution < 1.29 is 14.2 Å². The first-order valence-electron chi connectivity index (χ1n) is 35.0. The fourth-order valence-corrected chi connectivity index (χ4v) is 10.2. The van der Waals surface area contributed by atoms with Gasteiger partial charge in [0, 0.05) is 80.7 Å². The lowest BCUT2D eigenvalue weighted by Gasteiger charge is -2.57. The lowest BCUT2D eigenvalue weighted by molar-refractivity contribution is -0.113. The van der Waals surface area contributed by atoms with Crippen LogP contribution in [0.4, 0.5) is 4.39 Å². The van der Waals surface area contributed by atoms with E-state index in [2.05, 4.69) is 250 Å². The number of hydrogen-bond donors (Lipinski definition) is 2. The second-order valence-electron chi connectivity index (χ2n) is 35.6. The summed E-state index contributed by atoms with van der Waals surface area (Å²) in [6, 6.07) is 7.20. The van der Waals surface area contributed by atoms with Crippen LogP contribution in [0.25, 0.3) is 0 Å². The van der Waals surface area contributed by atoms with Gasteiger partial charge in [0.05, 0.1) is 12.6 Å². The van der Waals surface area contributed by atoms with Crippen molar-refractivity contribution >= 4 is 0 Å². The Balaban J connectivity index is 0.00000104. The molecule has 5 aliphatic rings. The Morgan fingerprint density at radius 3 is 1.39 bits per heavy atom. The van der Waals surface area contributed by atoms with Crippen LogP contribution in [0.3, 0.4) is 0 Å². The van der Waals surface area contributed by atoms with E-state index < -0.39 is 0 Å².